The minimum atomic E-state index is 0.113. The third kappa shape index (κ3) is 4.62. The first-order chi connectivity index (χ1) is 9.76. The molecule has 1 aliphatic heterocycles. The van der Waals surface area contributed by atoms with Gasteiger partial charge in [0.15, 0.2) is 0 Å². The van der Waals surface area contributed by atoms with Gasteiger partial charge in [-0.15, -0.1) is 0 Å². The number of hydrogen-bond acceptors (Lipinski definition) is 2. The Bertz CT molecular complexity index is 479. The molecule has 2 atom stereocenters. The monoisotopic (exact) mass is 308 g/mol. The zero-order chi connectivity index (χ0) is 15.6. The number of halogens is 1. The SMILES string of the molecule is CC1CCN(c2ccc(Cl)cc2CNC(C)(C)C)C(C)C1. The Morgan fingerprint density at radius 3 is 2.62 bits per heavy atom. The van der Waals surface area contributed by atoms with Gasteiger partial charge in [-0.25, -0.2) is 0 Å². The lowest BCUT2D eigenvalue weighted by atomic mass is 9.92. The van der Waals surface area contributed by atoms with Gasteiger partial charge >= 0.3 is 0 Å². The van der Waals surface area contributed by atoms with Crippen molar-refractivity contribution in [3.05, 3.63) is 28.8 Å². The van der Waals surface area contributed by atoms with Crippen molar-refractivity contribution in [2.75, 3.05) is 11.4 Å². The van der Waals surface area contributed by atoms with Crippen LogP contribution in [-0.4, -0.2) is 18.1 Å². The summed E-state index contributed by atoms with van der Waals surface area (Å²) in [4.78, 5) is 2.55. The summed E-state index contributed by atoms with van der Waals surface area (Å²) in [6.45, 7) is 13.3. The van der Waals surface area contributed by atoms with Gasteiger partial charge in [-0.05, 0) is 70.2 Å². The highest BCUT2D eigenvalue weighted by Crippen LogP contribution is 2.32. The van der Waals surface area contributed by atoms with Crippen molar-refractivity contribution in [1.82, 2.24) is 5.32 Å². The van der Waals surface area contributed by atoms with Gasteiger partial charge in [0, 0.05) is 35.4 Å². The molecule has 1 aromatic rings. The van der Waals surface area contributed by atoms with Crippen LogP contribution in [0.1, 0.15) is 53.0 Å². The molecule has 1 saturated heterocycles. The molecule has 0 amide bonds. The lowest BCUT2D eigenvalue weighted by Crippen LogP contribution is -2.41. The summed E-state index contributed by atoms with van der Waals surface area (Å²) in [5.74, 6) is 0.833. The summed E-state index contributed by atoms with van der Waals surface area (Å²) in [6, 6.07) is 6.92. The van der Waals surface area contributed by atoms with Crippen molar-refractivity contribution >= 4 is 17.3 Å². The van der Waals surface area contributed by atoms with Crippen LogP contribution < -0.4 is 10.2 Å². The molecule has 21 heavy (non-hydrogen) atoms. The second-order valence-electron chi connectivity index (χ2n) is 7.55. The minimum absolute atomic E-state index is 0.113. The van der Waals surface area contributed by atoms with Crippen LogP contribution in [0.4, 0.5) is 5.69 Å². The second kappa shape index (κ2) is 6.58. The molecule has 0 radical (unpaired) electrons. The molecule has 0 aliphatic carbocycles. The maximum atomic E-state index is 6.22. The van der Waals surface area contributed by atoms with E-state index in [1.165, 1.54) is 24.1 Å². The molecule has 2 rings (SSSR count). The van der Waals surface area contributed by atoms with E-state index in [1.54, 1.807) is 0 Å². The van der Waals surface area contributed by atoms with E-state index in [0.29, 0.717) is 6.04 Å². The molecule has 2 unspecified atom stereocenters. The van der Waals surface area contributed by atoms with Crippen molar-refractivity contribution in [3.8, 4) is 0 Å². The first kappa shape index (κ1) is 16.6. The summed E-state index contributed by atoms with van der Waals surface area (Å²) in [5.41, 5.74) is 2.76. The van der Waals surface area contributed by atoms with Crippen LogP contribution in [0.2, 0.25) is 5.02 Å². The molecular weight excluding hydrogens is 280 g/mol. The van der Waals surface area contributed by atoms with Gasteiger partial charge in [0.1, 0.15) is 0 Å². The van der Waals surface area contributed by atoms with Crippen LogP contribution in [0.25, 0.3) is 0 Å². The lowest BCUT2D eigenvalue weighted by molar-refractivity contribution is 0.376. The summed E-state index contributed by atoms with van der Waals surface area (Å²) >= 11 is 6.22. The third-order valence-corrected chi connectivity index (χ3v) is 4.53. The van der Waals surface area contributed by atoms with Gasteiger partial charge in [0.05, 0.1) is 0 Å². The summed E-state index contributed by atoms with van der Waals surface area (Å²) in [5, 5.41) is 4.40. The maximum absolute atomic E-state index is 6.22. The van der Waals surface area contributed by atoms with Gasteiger partial charge in [-0.1, -0.05) is 18.5 Å². The van der Waals surface area contributed by atoms with Crippen molar-refractivity contribution in [1.29, 1.82) is 0 Å². The van der Waals surface area contributed by atoms with E-state index in [9.17, 15) is 0 Å². The molecule has 1 heterocycles. The molecule has 0 aromatic heterocycles. The van der Waals surface area contributed by atoms with Crippen LogP contribution in [0.3, 0.4) is 0 Å². The van der Waals surface area contributed by atoms with Gasteiger partial charge in [0.25, 0.3) is 0 Å². The largest absolute Gasteiger partial charge is 0.369 e. The van der Waals surface area contributed by atoms with E-state index in [1.807, 2.05) is 6.07 Å². The molecule has 0 saturated carbocycles. The fourth-order valence-electron chi connectivity index (χ4n) is 3.10. The number of nitrogens with zero attached hydrogens (tertiary/aromatic N) is 1. The summed E-state index contributed by atoms with van der Waals surface area (Å²) in [6.07, 6.45) is 2.55. The van der Waals surface area contributed by atoms with Crippen molar-refractivity contribution in [3.63, 3.8) is 0 Å². The highest BCUT2D eigenvalue weighted by atomic mass is 35.5. The Morgan fingerprint density at radius 1 is 1.29 bits per heavy atom. The molecule has 1 aliphatic rings. The van der Waals surface area contributed by atoms with Crippen LogP contribution >= 0.6 is 11.6 Å². The highest BCUT2D eigenvalue weighted by Gasteiger charge is 2.25. The highest BCUT2D eigenvalue weighted by molar-refractivity contribution is 6.30. The number of piperidine rings is 1. The molecule has 0 bridgehead atoms. The normalized spacial score (nSPS) is 23.4. The van der Waals surface area contributed by atoms with E-state index in [2.05, 4.69) is 57.0 Å². The Hall–Kier alpha value is -0.730. The first-order valence-electron chi connectivity index (χ1n) is 8.06. The molecular formula is C18H29ClN2. The fraction of sp³-hybridized carbons (Fsp3) is 0.667. The average molecular weight is 309 g/mol. The quantitative estimate of drug-likeness (QED) is 0.858. The lowest BCUT2D eigenvalue weighted by Gasteiger charge is -2.39. The first-order valence-corrected chi connectivity index (χ1v) is 8.44. The summed E-state index contributed by atoms with van der Waals surface area (Å²) in [7, 11) is 0. The van der Waals surface area contributed by atoms with E-state index in [0.717, 1.165) is 24.0 Å². The van der Waals surface area contributed by atoms with Crippen LogP contribution in [-0.2, 0) is 6.54 Å². The molecule has 0 spiro atoms. The summed E-state index contributed by atoms with van der Waals surface area (Å²) < 4.78 is 0. The predicted octanol–water partition coefficient (Wildman–Crippen LogP) is 4.85. The number of rotatable bonds is 3. The molecule has 1 fully saturated rings. The van der Waals surface area contributed by atoms with Gasteiger partial charge < -0.3 is 10.2 Å². The predicted molar refractivity (Wildman–Crippen MR) is 93.3 cm³/mol. The number of hydrogen-bond donors (Lipinski definition) is 1. The van der Waals surface area contributed by atoms with Crippen molar-refractivity contribution in [2.24, 2.45) is 5.92 Å². The van der Waals surface area contributed by atoms with Crippen LogP contribution in [0.15, 0.2) is 18.2 Å². The smallest absolute Gasteiger partial charge is 0.0415 e. The Kier molecular flexibility index (Phi) is 5.21. The van der Waals surface area contributed by atoms with Gasteiger partial charge in [-0.3, -0.25) is 0 Å². The average Bonchev–Trinajstić information content (AvgIpc) is 2.36. The van der Waals surface area contributed by atoms with E-state index >= 15 is 0 Å². The standard InChI is InChI=1S/C18H29ClN2/c1-13-8-9-21(14(2)10-13)17-7-6-16(19)11-15(17)12-20-18(3,4)5/h6-7,11,13-14,20H,8-10,12H2,1-5H3. The second-order valence-corrected chi connectivity index (χ2v) is 7.98. The van der Waals surface area contributed by atoms with Crippen molar-refractivity contribution < 1.29 is 0 Å². The molecule has 1 N–H and O–H groups in total. The van der Waals surface area contributed by atoms with Crippen LogP contribution in [0, 0.1) is 5.92 Å². The molecule has 2 nitrogen and oxygen atoms in total. The minimum Gasteiger partial charge on any atom is -0.369 e. The van der Waals surface area contributed by atoms with E-state index in [-0.39, 0.29) is 5.54 Å². The topological polar surface area (TPSA) is 15.3 Å². The van der Waals surface area contributed by atoms with E-state index < -0.39 is 0 Å². The number of anilines is 1. The molecule has 118 valence electrons. The fourth-order valence-corrected chi connectivity index (χ4v) is 3.30. The third-order valence-electron chi connectivity index (χ3n) is 4.30. The Labute approximate surface area is 134 Å². The number of nitrogens with one attached hydrogen (secondary N) is 1. The number of benzene rings is 1. The Morgan fingerprint density at radius 2 is 2.00 bits per heavy atom. The Balaban J connectivity index is 2.22. The molecule has 3 heteroatoms. The van der Waals surface area contributed by atoms with Crippen molar-refractivity contribution in [2.45, 2.75) is 65.6 Å². The van der Waals surface area contributed by atoms with Gasteiger partial charge in [-0.2, -0.15) is 0 Å². The zero-order valence-electron chi connectivity index (χ0n) is 14.0. The zero-order valence-corrected chi connectivity index (χ0v) is 14.8. The van der Waals surface area contributed by atoms with E-state index in [4.69, 9.17) is 11.6 Å². The van der Waals surface area contributed by atoms with Gasteiger partial charge in [0.2, 0.25) is 0 Å². The maximum Gasteiger partial charge on any atom is 0.0415 e. The molecule has 1 aromatic carbocycles. The van der Waals surface area contributed by atoms with Crippen LogP contribution in [0.5, 0.6) is 0 Å².